The first-order valence-corrected chi connectivity index (χ1v) is 8.13. The van der Waals surface area contributed by atoms with E-state index in [1.807, 2.05) is 42.1 Å². The maximum absolute atomic E-state index is 4.60. The van der Waals surface area contributed by atoms with Gasteiger partial charge in [-0.1, -0.05) is 19.1 Å². The van der Waals surface area contributed by atoms with Gasteiger partial charge in [0, 0.05) is 42.8 Å². The van der Waals surface area contributed by atoms with E-state index in [0.29, 0.717) is 0 Å². The molecule has 0 bridgehead atoms. The maximum atomic E-state index is 4.60. The Balaban J connectivity index is 1.80. The Labute approximate surface area is 141 Å². The fourth-order valence-corrected chi connectivity index (χ4v) is 2.56. The summed E-state index contributed by atoms with van der Waals surface area (Å²) in [5.74, 6) is 1.63. The van der Waals surface area contributed by atoms with Gasteiger partial charge in [-0.05, 0) is 26.0 Å². The lowest BCUT2D eigenvalue weighted by Crippen LogP contribution is -2.28. The molecule has 1 aliphatic heterocycles. The van der Waals surface area contributed by atoms with Crippen molar-refractivity contribution in [2.45, 2.75) is 27.3 Å². The molecule has 1 unspecified atom stereocenters. The molecule has 3 rings (SSSR count). The maximum Gasteiger partial charge on any atom is 0.153 e. The summed E-state index contributed by atoms with van der Waals surface area (Å²) in [6.45, 7) is 7.12. The van der Waals surface area contributed by atoms with Crippen molar-refractivity contribution in [3.05, 3.63) is 54.8 Å². The van der Waals surface area contributed by atoms with Gasteiger partial charge in [0.2, 0.25) is 0 Å². The van der Waals surface area contributed by atoms with Crippen LogP contribution >= 0.6 is 0 Å². The van der Waals surface area contributed by atoms with Gasteiger partial charge in [0.1, 0.15) is 5.82 Å². The molecule has 0 aromatic carbocycles. The van der Waals surface area contributed by atoms with Crippen LogP contribution in [0.1, 0.15) is 26.5 Å². The largest absolute Gasteiger partial charge is 0.323 e. The van der Waals surface area contributed by atoms with E-state index in [4.69, 9.17) is 0 Å². The fraction of sp³-hybridized carbons (Fsp3) is 0.278. The first-order chi connectivity index (χ1) is 11.7. The number of aryl methyl sites for hydroxylation is 1. The van der Waals surface area contributed by atoms with Gasteiger partial charge in [-0.2, -0.15) is 0 Å². The molecule has 0 fully saturated rings. The molecule has 0 amide bonds. The Kier molecular flexibility index (Phi) is 4.74. The summed E-state index contributed by atoms with van der Waals surface area (Å²) in [5, 5.41) is 6.60. The number of nitrogens with one attached hydrogen (secondary N) is 2. The molecule has 2 aromatic heterocycles. The highest BCUT2D eigenvalue weighted by molar-refractivity contribution is 6.48. The SMILES string of the molecule is C/C=C\N=C(Nc1ccccn1)C1=NC=C(c2cn(CC)[nH]2)C1C. The number of aromatic amines is 1. The molecule has 0 saturated carbocycles. The highest BCUT2D eigenvalue weighted by Crippen LogP contribution is 2.29. The summed E-state index contributed by atoms with van der Waals surface area (Å²) in [6.07, 6.45) is 9.43. The number of rotatable bonds is 5. The zero-order valence-corrected chi connectivity index (χ0v) is 14.2. The number of aromatic nitrogens is 3. The molecule has 0 spiro atoms. The highest BCUT2D eigenvalue weighted by atomic mass is 15.3. The van der Waals surface area contributed by atoms with E-state index >= 15 is 0 Å². The average molecular weight is 322 g/mol. The van der Waals surface area contributed by atoms with Crippen LogP contribution in [0.3, 0.4) is 0 Å². The lowest BCUT2D eigenvalue weighted by atomic mass is 9.95. The van der Waals surface area contributed by atoms with Crippen molar-refractivity contribution in [1.82, 2.24) is 14.8 Å². The summed E-state index contributed by atoms with van der Waals surface area (Å²) in [4.78, 5) is 13.4. The smallest absolute Gasteiger partial charge is 0.153 e. The second-order valence-electron chi connectivity index (χ2n) is 5.56. The predicted molar refractivity (Wildman–Crippen MR) is 99.1 cm³/mol. The van der Waals surface area contributed by atoms with Gasteiger partial charge in [-0.25, -0.2) is 9.98 Å². The van der Waals surface area contributed by atoms with Crippen LogP contribution in [-0.2, 0) is 6.54 Å². The summed E-state index contributed by atoms with van der Waals surface area (Å²) >= 11 is 0. The van der Waals surface area contributed by atoms with Crippen LogP contribution < -0.4 is 5.32 Å². The standard InChI is InChI=1S/C18H22N6/c1-4-9-20-18(22-16-8-6-7-10-19-16)17-13(3)14(11-21-17)15-12-24(5-2)23-15/h4,6-13,23H,5H2,1-3H3,(H,19,20,22)/b9-4-. The molecule has 124 valence electrons. The minimum absolute atomic E-state index is 0.156. The number of H-pyrrole nitrogens is 1. The zero-order valence-electron chi connectivity index (χ0n) is 14.2. The molecule has 6 nitrogen and oxygen atoms in total. The minimum Gasteiger partial charge on any atom is -0.323 e. The van der Waals surface area contributed by atoms with Crippen LogP contribution in [0.2, 0.25) is 0 Å². The van der Waals surface area contributed by atoms with Gasteiger partial charge in [0.15, 0.2) is 5.84 Å². The van der Waals surface area contributed by atoms with Gasteiger partial charge in [0.25, 0.3) is 0 Å². The minimum atomic E-state index is 0.156. The first-order valence-electron chi connectivity index (χ1n) is 8.13. The average Bonchev–Trinajstić information content (AvgIpc) is 2.93. The van der Waals surface area contributed by atoms with Crippen LogP contribution in [0.15, 0.2) is 59.1 Å². The molecule has 24 heavy (non-hydrogen) atoms. The Morgan fingerprint density at radius 2 is 2.29 bits per heavy atom. The van der Waals surface area contributed by atoms with Crippen LogP contribution in [0, 0.1) is 5.92 Å². The van der Waals surface area contributed by atoms with Crippen LogP contribution in [0.5, 0.6) is 0 Å². The van der Waals surface area contributed by atoms with E-state index in [1.54, 1.807) is 12.4 Å². The number of aliphatic imine (C=N–C) groups is 2. The van der Waals surface area contributed by atoms with Gasteiger partial charge in [-0.3, -0.25) is 14.8 Å². The third kappa shape index (κ3) is 3.22. The van der Waals surface area contributed by atoms with E-state index in [0.717, 1.165) is 29.6 Å². The van der Waals surface area contributed by atoms with E-state index in [1.165, 1.54) is 5.57 Å². The number of hydrogen-bond acceptors (Lipinski definition) is 3. The van der Waals surface area contributed by atoms with Crippen molar-refractivity contribution in [3.63, 3.8) is 0 Å². The van der Waals surface area contributed by atoms with Gasteiger partial charge in [-0.15, -0.1) is 0 Å². The Hall–Kier alpha value is -2.89. The Morgan fingerprint density at radius 3 is 2.96 bits per heavy atom. The van der Waals surface area contributed by atoms with Crippen molar-refractivity contribution in [3.8, 4) is 0 Å². The molecule has 1 atom stereocenters. The van der Waals surface area contributed by atoms with E-state index in [9.17, 15) is 0 Å². The molecule has 2 N–H and O–H groups in total. The summed E-state index contributed by atoms with van der Waals surface area (Å²) in [5.41, 5.74) is 3.20. The van der Waals surface area contributed by atoms with Gasteiger partial charge in [0.05, 0.1) is 11.4 Å². The number of hydrogen-bond donors (Lipinski definition) is 2. The van der Waals surface area contributed by atoms with E-state index < -0.39 is 0 Å². The molecule has 0 aliphatic carbocycles. The number of amidine groups is 1. The van der Waals surface area contributed by atoms with Gasteiger partial charge >= 0.3 is 0 Å². The van der Waals surface area contributed by atoms with Crippen molar-refractivity contribution >= 4 is 22.9 Å². The zero-order chi connectivity index (χ0) is 16.9. The molecule has 3 heterocycles. The molecule has 0 saturated heterocycles. The normalized spacial score (nSPS) is 18.1. The Morgan fingerprint density at radius 1 is 1.46 bits per heavy atom. The molecule has 0 radical (unpaired) electrons. The molecular formula is C18H22N6. The predicted octanol–water partition coefficient (Wildman–Crippen LogP) is 3.71. The quantitative estimate of drug-likeness (QED) is 0.651. The molecule has 1 aliphatic rings. The van der Waals surface area contributed by atoms with Crippen molar-refractivity contribution in [2.24, 2.45) is 15.9 Å². The second kappa shape index (κ2) is 7.12. The summed E-state index contributed by atoms with van der Waals surface area (Å²) < 4.78 is 2.04. The monoisotopic (exact) mass is 322 g/mol. The van der Waals surface area contributed by atoms with Crippen LogP contribution in [-0.4, -0.2) is 26.3 Å². The highest BCUT2D eigenvalue weighted by Gasteiger charge is 2.27. The number of anilines is 1. The molecule has 2 aromatic rings. The van der Waals surface area contributed by atoms with Crippen molar-refractivity contribution in [2.75, 3.05) is 5.32 Å². The van der Waals surface area contributed by atoms with E-state index in [-0.39, 0.29) is 5.92 Å². The molecular weight excluding hydrogens is 300 g/mol. The van der Waals surface area contributed by atoms with E-state index in [2.05, 4.69) is 45.4 Å². The third-order valence-corrected chi connectivity index (χ3v) is 3.93. The van der Waals surface area contributed by atoms with Crippen molar-refractivity contribution < 1.29 is 0 Å². The summed E-state index contributed by atoms with van der Waals surface area (Å²) in [6, 6.07) is 5.74. The lowest BCUT2D eigenvalue weighted by molar-refractivity contribution is 0.592. The number of nitrogens with zero attached hydrogens (tertiary/aromatic N) is 4. The van der Waals surface area contributed by atoms with Crippen LogP contribution in [0.25, 0.3) is 5.57 Å². The number of pyridine rings is 1. The van der Waals surface area contributed by atoms with Gasteiger partial charge < -0.3 is 5.32 Å². The summed E-state index contributed by atoms with van der Waals surface area (Å²) in [7, 11) is 0. The number of allylic oxidation sites excluding steroid dienone is 2. The second-order valence-corrected chi connectivity index (χ2v) is 5.56. The fourth-order valence-electron chi connectivity index (χ4n) is 2.56. The van der Waals surface area contributed by atoms with Crippen LogP contribution in [0.4, 0.5) is 5.82 Å². The first kappa shape index (κ1) is 16.0. The van der Waals surface area contributed by atoms with Crippen molar-refractivity contribution in [1.29, 1.82) is 0 Å². The molecule has 6 heteroatoms. The lowest BCUT2D eigenvalue weighted by Gasteiger charge is -2.19. The third-order valence-electron chi connectivity index (χ3n) is 3.93. The topological polar surface area (TPSA) is 70.4 Å². The Bertz CT molecular complexity index is 792.